The van der Waals surface area contributed by atoms with Crippen molar-refractivity contribution in [3.63, 3.8) is 0 Å². The third-order valence-electron chi connectivity index (χ3n) is 6.74. The van der Waals surface area contributed by atoms with Crippen LogP contribution in [0.15, 0.2) is 36.4 Å². The normalized spacial score (nSPS) is 26.1. The van der Waals surface area contributed by atoms with Gasteiger partial charge in [0.25, 0.3) is 5.91 Å². The van der Waals surface area contributed by atoms with Crippen molar-refractivity contribution in [2.24, 2.45) is 5.73 Å². The van der Waals surface area contributed by atoms with Crippen molar-refractivity contribution in [2.45, 2.75) is 69.4 Å². The van der Waals surface area contributed by atoms with Gasteiger partial charge in [0, 0.05) is 37.4 Å². The molecule has 1 aliphatic carbocycles. The maximum atomic E-state index is 15.5. The molecule has 1 saturated carbocycles. The molecule has 182 valence electrons. The zero-order valence-corrected chi connectivity index (χ0v) is 19.1. The standard InChI is InChI=1S/C25H26F4N2O3/c1-13(32)34-24(2,3)23(33)31-18-11-25(29,12-18)22(30)20(31)9-14-5-4-6-19(21(14)28)15-7-16(26)10-17(27)8-15/h4-8,10,18,20,22H,9,11-12,30H2,1-3H3. The molecule has 2 unspecified atom stereocenters. The predicted molar refractivity (Wildman–Crippen MR) is 117 cm³/mol. The van der Waals surface area contributed by atoms with Crippen molar-refractivity contribution in [1.29, 1.82) is 0 Å². The number of esters is 1. The Morgan fingerprint density at radius 1 is 1.15 bits per heavy atom. The lowest BCUT2D eigenvalue weighted by atomic mass is 9.64. The number of hydrogen-bond acceptors (Lipinski definition) is 4. The Labute approximate surface area is 194 Å². The summed E-state index contributed by atoms with van der Waals surface area (Å²) in [7, 11) is 0. The number of alkyl halides is 1. The van der Waals surface area contributed by atoms with Crippen LogP contribution in [0.1, 0.15) is 39.2 Å². The van der Waals surface area contributed by atoms with Crippen LogP contribution in [0.4, 0.5) is 17.6 Å². The van der Waals surface area contributed by atoms with E-state index in [1.54, 1.807) is 0 Å². The molecule has 9 heteroatoms. The molecule has 0 spiro atoms. The van der Waals surface area contributed by atoms with Gasteiger partial charge in [-0.05, 0) is 43.5 Å². The zero-order chi connectivity index (χ0) is 25.0. The summed E-state index contributed by atoms with van der Waals surface area (Å²) < 4.78 is 63.3. The van der Waals surface area contributed by atoms with Gasteiger partial charge in [0.2, 0.25) is 0 Å². The fraction of sp³-hybridized carbons (Fsp3) is 0.440. The van der Waals surface area contributed by atoms with Gasteiger partial charge in [-0.25, -0.2) is 17.6 Å². The second kappa shape index (κ2) is 8.37. The number of piperidine rings is 2. The topological polar surface area (TPSA) is 72.6 Å². The lowest BCUT2D eigenvalue weighted by molar-refractivity contribution is -0.188. The maximum absolute atomic E-state index is 15.5. The Morgan fingerprint density at radius 2 is 1.76 bits per heavy atom. The average molecular weight is 478 g/mol. The summed E-state index contributed by atoms with van der Waals surface area (Å²) in [5.74, 6) is -3.63. The second-order valence-electron chi connectivity index (χ2n) is 9.65. The highest BCUT2D eigenvalue weighted by Crippen LogP contribution is 2.50. The van der Waals surface area contributed by atoms with Gasteiger partial charge in [-0.2, -0.15) is 0 Å². The van der Waals surface area contributed by atoms with Crippen molar-refractivity contribution in [3.8, 4) is 11.1 Å². The Bertz CT molecular complexity index is 1130. The van der Waals surface area contributed by atoms with Gasteiger partial charge in [-0.3, -0.25) is 9.59 Å². The Kier molecular flexibility index (Phi) is 5.96. The first-order valence-electron chi connectivity index (χ1n) is 11.0. The van der Waals surface area contributed by atoms with Crippen LogP contribution < -0.4 is 5.73 Å². The summed E-state index contributed by atoms with van der Waals surface area (Å²) >= 11 is 0. The van der Waals surface area contributed by atoms with Gasteiger partial charge in [0.05, 0.1) is 12.1 Å². The van der Waals surface area contributed by atoms with E-state index in [1.807, 2.05) is 0 Å². The third-order valence-corrected chi connectivity index (χ3v) is 6.74. The number of halogens is 4. The van der Waals surface area contributed by atoms with Crippen LogP contribution in [0.5, 0.6) is 0 Å². The largest absolute Gasteiger partial charge is 0.450 e. The number of nitrogens with zero attached hydrogens (tertiary/aromatic N) is 1. The highest BCUT2D eigenvalue weighted by atomic mass is 19.1. The van der Waals surface area contributed by atoms with Gasteiger partial charge in [-0.15, -0.1) is 0 Å². The molecule has 0 aromatic heterocycles. The molecule has 5 nitrogen and oxygen atoms in total. The van der Waals surface area contributed by atoms with Crippen molar-refractivity contribution in [3.05, 3.63) is 59.4 Å². The fourth-order valence-corrected chi connectivity index (χ4v) is 5.13. The number of fused-ring (bicyclic) bond motifs is 2. The molecule has 0 radical (unpaired) electrons. The van der Waals surface area contributed by atoms with Crippen LogP contribution in [0.25, 0.3) is 11.1 Å². The number of ether oxygens (including phenoxy) is 1. The minimum atomic E-state index is -1.68. The molecule has 34 heavy (non-hydrogen) atoms. The van der Waals surface area contributed by atoms with Crippen LogP contribution in [0.2, 0.25) is 0 Å². The zero-order valence-electron chi connectivity index (χ0n) is 19.1. The summed E-state index contributed by atoms with van der Waals surface area (Å²) in [5.41, 5.74) is 3.16. The van der Waals surface area contributed by atoms with Crippen molar-refractivity contribution in [2.75, 3.05) is 0 Å². The molecule has 3 aliphatic rings. The molecule has 2 saturated heterocycles. The van der Waals surface area contributed by atoms with E-state index < -0.39 is 58.7 Å². The highest BCUT2D eigenvalue weighted by molar-refractivity contribution is 5.88. The number of rotatable bonds is 5. The van der Waals surface area contributed by atoms with E-state index in [-0.39, 0.29) is 36.0 Å². The van der Waals surface area contributed by atoms with Gasteiger partial charge < -0.3 is 15.4 Å². The van der Waals surface area contributed by atoms with E-state index in [9.17, 15) is 18.4 Å². The number of carbonyl (C=O) groups is 2. The number of nitrogens with two attached hydrogens (primary N) is 1. The molecule has 3 fully saturated rings. The van der Waals surface area contributed by atoms with Crippen LogP contribution >= 0.6 is 0 Å². The fourth-order valence-electron chi connectivity index (χ4n) is 5.13. The number of hydrogen-bond donors (Lipinski definition) is 1. The van der Waals surface area contributed by atoms with E-state index in [0.29, 0.717) is 6.07 Å². The monoisotopic (exact) mass is 478 g/mol. The lowest BCUT2D eigenvalue weighted by Crippen LogP contribution is -2.77. The van der Waals surface area contributed by atoms with Gasteiger partial charge >= 0.3 is 5.97 Å². The second-order valence-corrected chi connectivity index (χ2v) is 9.65. The number of benzene rings is 2. The molecule has 2 bridgehead atoms. The quantitative estimate of drug-likeness (QED) is 0.520. The molecular weight excluding hydrogens is 452 g/mol. The van der Waals surface area contributed by atoms with Crippen molar-refractivity contribution in [1.82, 2.24) is 4.90 Å². The molecule has 2 heterocycles. The summed E-state index contributed by atoms with van der Waals surface area (Å²) in [6.07, 6.45) is -0.0159. The van der Waals surface area contributed by atoms with E-state index in [4.69, 9.17) is 10.5 Å². The van der Waals surface area contributed by atoms with Gasteiger partial charge in [-0.1, -0.05) is 18.2 Å². The molecule has 2 N–H and O–H groups in total. The van der Waals surface area contributed by atoms with Gasteiger partial charge in [0.1, 0.15) is 23.1 Å². The summed E-state index contributed by atoms with van der Waals surface area (Å²) in [5, 5.41) is 0. The Morgan fingerprint density at radius 3 is 2.35 bits per heavy atom. The maximum Gasteiger partial charge on any atom is 0.303 e. The molecule has 1 amide bonds. The van der Waals surface area contributed by atoms with Crippen molar-refractivity contribution < 1.29 is 31.9 Å². The average Bonchev–Trinajstić information content (AvgIpc) is 2.69. The Hall–Kier alpha value is -2.94. The predicted octanol–water partition coefficient (Wildman–Crippen LogP) is 4.06. The SMILES string of the molecule is CC(=O)OC(C)(C)C(=O)N1C2CC(F)(C2)C(N)C1Cc1cccc(-c2cc(F)cc(F)c2)c1F. The molecular formula is C25H26F4N2O3. The van der Waals surface area contributed by atoms with Crippen LogP contribution in [0.3, 0.4) is 0 Å². The molecule has 2 aliphatic heterocycles. The molecule has 5 rings (SSSR count). The van der Waals surface area contributed by atoms with Crippen LogP contribution in [-0.4, -0.2) is 46.2 Å². The number of amides is 1. The van der Waals surface area contributed by atoms with Crippen LogP contribution in [0, 0.1) is 17.5 Å². The lowest BCUT2D eigenvalue weighted by Gasteiger charge is -2.61. The van der Waals surface area contributed by atoms with Crippen molar-refractivity contribution >= 4 is 11.9 Å². The van der Waals surface area contributed by atoms with E-state index >= 15 is 8.78 Å². The Balaban J connectivity index is 1.70. The third kappa shape index (κ3) is 4.17. The first-order valence-corrected chi connectivity index (χ1v) is 11.0. The summed E-state index contributed by atoms with van der Waals surface area (Å²) in [6, 6.07) is 4.63. The minimum Gasteiger partial charge on any atom is -0.450 e. The first-order chi connectivity index (χ1) is 15.8. The molecule has 2 aromatic carbocycles. The van der Waals surface area contributed by atoms with E-state index in [0.717, 1.165) is 12.1 Å². The molecule has 2 atom stereocenters. The summed E-state index contributed by atoms with van der Waals surface area (Å²) in [6.45, 7) is 4.06. The first kappa shape index (κ1) is 24.2. The van der Waals surface area contributed by atoms with E-state index in [1.165, 1.54) is 43.9 Å². The highest BCUT2D eigenvalue weighted by Gasteiger charge is 2.62. The van der Waals surface area contributed by atoms with Crippen LogP contribution in [-0.2, 0) is 20.7 Å². The number of carbonyl (C=O) groups excluding carboxylic acids is 2. The molecule has 2 aromatic rings. The van der Waals surface area contributed by atoms with Gasteiger partial charge in [0.15, 0.2) is 5.60 Å². The smallest absolute Gasteiger partial charge is 0.303 e. The van der Waals surface area contributed by atoms with E-state index in [2.05, 4.69) is 0 Å². The minimum absolute atomic E-state index is 0.0125. The summed E-state index contributed by atoms with van der Waals surface area (Å²) in [4.78, 5) is 26.3.